The van der Waals surface area contributed by atoms with E-state index in [1.807, 2.05) is 0 Å². The summed E-state index contributed by atoms with van der Waals surface area (Å²) < 4.78 is 36.9. The monoisotopic (exact) mass is 590 g/mol. The number of hydrogen-bond donors (Lipinski definition) is 0. The molecule has 0 rings (SSSR count). The Bertz CT molecular complexity index is 545. The van der Waals surface area contributed by atoms with E-state index in [2.05, 4.69) is 6.92 Å². The lowest BCUT2D eigenvalue weighted by atomic mass is 10.0. The Labute approximate surface area is 250 Å². The average Bonchev–Trinajstić information content (AvgIpc) is 2.96. The predicted octanol–water partition coefficient (Wildman–Crippen LogP) is 6.44. The Kier molecular flexibility index (Phi) is 33.9. The van der Waals surface area contributed by atoms with Crippen LogP contribution in [0.3, 0.4) is 0 Å². The fourth-order valence-corrected chi connectivity index (χ4v) is 4.15. The molecule has 0 atom stereocenters. The van der Waals surface area contributed by atoms with Crippen LogP contribution in [0.4, 0.5) is 0 Å². The van der Waals surface area contributed by atoms with Gasteiger partial charge in [-0.2, -0.15) is 0 Å². The van der Waals surface area contributed by atoms with Crippen molar-refractivity contribution in [2.45, 2.75) is 117 Å². The van der Waals surface area contributed by atoms with Crippen molar-refractivity contribution in [3.05, 3.63) is 0 Å². The molecule has 41 heavy (non-hydrogen) atoms. The molecule has 0 saturated carbocycles. The molecule has 9 heteroatoms. The molecule has 0 amide bonds. The van der Waals surface area contributed by atoms with Crippen LogP contribution in [0.2, 0.25) is 0 Å². The number of esters is 2. The molecule has 0 saturated heterocycles. The number of rotatable bonds is 34. The van der Waals surface area contributed by atoms with Gasteiger partial charge in [-0.05, 0) is 6.42 Å². The lowest BCUT2D eigenvalue weighted by Crippen LogP contribution is -2.15. The second kappa shape index (κ2) is 34.9. The minimum atomic E-state index is -0.308. The molecule has 0 N–H and O–H groups in total. The predicted molar refractivity (Wildman–Crippen MR) is 161 cm³/mol. The first-order chi connectivity index (χ1) is 20.2. The number of unbranched alkanes of at least 4 members (excludes halogenated alkanes) is 14. The number of carbonyl (C=O) groups is 2. The van der Waals surface area contributed by atoms with Crippen molar-refractivity contribution < 1.29 is 42.7 Å². The van der Waals surface area contributed by atoms with Gasteiger partial charge in [-0.25, -0.2) is 0 Å². The van der Waals surface area contributed by atoms with E-state index in [0.717, 1.165) is 12.8 Å². The lowest BCUT2D eigenvalue weighted by molar-refractivity contribution is -0.145. The van der Waals surface area contributed by atoms with Crippen LogP contribution in [0.15, 0.2) is 0 Å². The van der Waals surface area contributed by atoms with E-state index in [4.69, 9.17) is 33.2 Å². The van der Waals surface area contributed by atoms with Crippen molar-refractivity contribution in [3.63, 3.8) is 0 Å². The zero-order chi connectivity index (χ0) is 29.9. The summed E-state index contributed by atoms with van der Waals surface area (Å²) in [5.41, 5.74) is 0. The van der Waals surface area contributed by atoms with Gasteiger partial charge in [0.25, 0.3) is 0 Å². The van der Waals surface area contributed by atoms with Crippen LogP contribution in [-0.2, 0) is 42.7 Å². The Morgan fingerprint density at radius 3 is 1.02 bits per heavy atom. The van der Waals surface area contributed by atoms with E-state index in [0.29, 0.717) is 72.5 Å². The normalized spacial score (nSPS) is 11.2. The zero-order valence-electron chi connectivity index (χ0n) is 26.5. The highest BCUT2D eigenvalue weighted by molar-refractivity contribution is 5.69. The molecule has 0 fully saturated rings. The second-order valence-electron chi connectivity index (χ2n) is 10.3. The minimum Gasteiger partial charge on any atom is -0.463 e. The zero-order valence-corrected chi connectivity index (χ0v) is 26.5. The first kappa shape index (κ1) is 39.7. The van der Waals surface area contributed by atoms with Gasteiger partial charge >= 0.3 is 11.9 Å². The molecule has 0 aromatic rings. The summed E-state index contributed by atoms with van der Waals surface area (Å²) in [6, 6.07) is 0. The van der Waals surface area contributed by atoms with Gasteiger partial charge in [0.05, 0.1) is 66.1 Å². The highest BCUT2D eigenvalue weighted by Gasteiger charge is 2.03. The van der Waals surface area contributed by atoms with Gasteiger partial charge in [0.1, 0.15) is 13.2 Å². The van der Waals surface area contributed by atoms with Gasteiger partial charge in [0, 0.05) is 13.3 Å². The van der Waals surface area contributed by atoms with E-state index in [-0.39, 0.29) is 25.2 Å². The molecule has 244 valence electrons. The van der Waals surface area contributed by atoms with Gasteiger partial charge in [-0.3, -0.25) is 9.59 Å². The maximum atomic E-state index is 11.8. The van der Waals surface area contributed by atoms with Crippen LogP contribution in [0.25, 0.3) is 0 Å². The van der Waals surface area contributed by atoms with Gasteiger partial charge in [-0.15, -0.1) is 0 Å². The van der Waals surface area contributed by atoms with Gasteiger partial charge in [0.2, 0.25) is 0 Å². The van der Waals surface area contributed by atoms with E-state index < -0.39 is 0 Å². The molecular formula is C32H62O9. The molecule has 0 bridgehead atoms. The lowest BCUT2D eigenvalue weighted by Gasteiger charge is -2.08. The highest BCUT2D eigenvalue weighted by atomic mass is 16.6. The molecule has 0 aliphatic rings. The quantitative estimate of drug-likeness (QED) is 0.0619. The van der Waals surface area contributed by atoms with Crippen LogP contribution >= 0.6 is 0 Å². The molecule has 0 radical (unpaired) electrons. The number of ether oxygens (including phenoxy) is 7. The Morgan fingerprint density at radius 2 is 0.683 bits per heavy atom. The van der Waals surface area contributed by atoms with Crippen molar-refractivity contribution in [2.24, 2.45) is 0 Å². The first-order valence-electron chi connectivity index (χ1n) is 16.3. The van der Waals surface area contributed by atoms with E-state index in [1.54, 1.807) is 0 Å². The maximum Gasteiger partial charge on any atom is 0.305 e. The van der Waals surface area contributed by atoms with Crippen LogP contribution in [0.5, 0.6) is 0 Å². The second-order valence-corrected chi connectivity index (χ2v) is 10.3. The summed E-state index contributed by atoms with van der Waals surface area (Å²) in [7, 11) is 0. The molecule has 0 spiro atoms. The summed E-state index contributed by atoms with van der Waals surface area (Å²) in [4.78, 5) is 22.4. The summed E-state index contributed by atoms with van der Waals surface area (Å²) in [6.45, 7) is 8.71. The summed E-state index contributed by atoms with van der Waals surface area (Å²) in [5, 5.41) is 0. The molecule has 0 aliphatic heterocycles. The topological polar surface area (TPSA) is 98.8 Å². The molecule has 0 heterocycles. The minimum absolute atomic E-state index is 0.132. The highest BCUT2D eigenvalue weighted by Crippen LogP contribution is 2.13. The number of carbonyl (C=O) groups excluding carboxylic acids is 2. The Balaban J connectivity index is 3.15. The van der Waals surface area contributed by atoms with E-state index in [9.17, 15) is 9.59 Å². The Hall–Kier alpha value is -1.26. The number of hydrogen-bond acceptors (Lipinski definition) is 9. The van der Waals surface area contributed by atoms with Crippen molar-refractivity contribution in [1.82, 2.24) is 0 Å². The van der Waals surface area contributed by atoms with Gasteiger partial charge in [-0.1, -0.05) is 96.8 Å². The van der Waals surface area contributed by atoms with Crippen molar-refractivity contribution in [3.8, 4) is 0 Å². The van der Waals surface area contributed by atoms with Crippen LogP contribution < -0.4 is 0 Å². The summed E-state index contributed by atoms with van der Waals surface area (Å²) in [5.74, 6) is -0.440. The SMILES string of the molecule is CCCCCCCCCCCCCCCCCC(=O)OCCOCCOCCOCCOCCOCCOC(C)=O. The fourth-order valence-electron chi connectivity index (χ4n) is 4.15. The molecule has 0 unspecified atom stereocenters. The van der Waals surface area contributed by atoms with Gasteiger partial charge in [0.15, 0.2) is 0 Å². The molecule has 9 nitrogen and oxygen atoms in total. The standard InChI is InChI=1S/C32H62O9/c1-3-4-5-6-7-8-9-10-11-12-13-14-15-16-17-18-32(34)41-30-28-39-26-24-37-22-20-35-19-21-36-23-25-38-27-29-40-31(2)33/h3-30H2,1-2H3. The molecule has 0 aliphatic carbocycles. The van der Waals surface area contributed by atoms with Crippen LogP contribution in [0.1, 0.15) is 117 Å². The van der Waals surface area contributed by atoms with Crippen molar-refractivity contribution >= 4 is 11.9 Å². The molecular weight excluding hydrogens is 528 g/mol. The van der Waals surface area contributed by atoms with Crippen molar-refractivity contribution in [2.75, 3.05) is 79.3 Å². The largest absolute Gasteiger partial charge is 0.463 e. The Morgan fingerprint density at radius 1 is 0.390 bits per heavy atom. The van der Waals surface area contributed by atoms with Gasteiger partial charge < -0.3 is 33.2 Å². The fraction of sp³-hybridized carbons (Fsp3) is 0.938. The maximum absolute atomic E-state index is 11.8. The van der Waals surface area contributed by atoms with Crippen molar-refractivity contribution in [1.29, 1.82) is 0 Å². The third-order valence-corrected chi connectivity index (χ3v) is 6.50. The molecule has 0 aromatic heterocycles. The third-order valence-electron chi connectivity index (χ3n) is 6.50. The van der Waals surface area contributed by atoms with E-state index >= 15 is 0 Å². The summed E-state index contributed by atoms with van der Waals surface area (Å²) in [6.07, 6.45) is 20.2. The van der Waals surface area contributed by atoms with Crippen LogP contribution in [-0.4, -0.2) is 91.2 Å². The first-order valence-corrected chi connectivity index (χ1v) is 16.3. The molecule has 0 aromatic carbocycles. The van der Waals surface area contributed by atoms with E-state index in [1.165, 1.54) is 90.4 Å². The smallest absolute Gasteiger partial charge is 0.305 e. The summed E-state index contributed by atoms with van der Waals surface area (Å²) >= 11 is 0. The average molecular weight is 591 g/mol. The van der Waals surface area contributed by atoms with Crippen LogP contribution in [0, 0.1) is 0 Å². The third kappa shape index (κ3) is 36.7.